The predicted molar refractivity (Wildman–Crippen MR) is 70.3 cm³/mol. The molecule has 1 aromatic carbocycles. The van der Waals surface area contributed by atoms with Crippen molar-refractivity contribution in [2.75, 3.05) is 18.5 Å². The minimum atomic E-state index is -0.198. The van der Waals surface area contributed by atoms with E-state index in [0.29, 0.717) is 6.61 Å². The van der Waals surface area contributed by atoms with Gasteiger partial charge in [0.05, 0.1) is 6.61 Å². The Hall–Kier alpha value is -1.51. The van der Waals surface area contributed by atoms with Crippen molar-refractivity contribution in [3.63, 3.8) is 0 Å². The molecule has 1 aromatic rings. The summed E-state index contributed by atoms with van der Waals surface area (Å²) in [4.78, 5) is 11.4. The highest BCUT2D eigenvalue weighted by molar-refractivity contribution is 5.75. The number of anilines is 1. The molecule has 17 heavy (non-hydrogen) atoms. The number of esters is 1. The summed E-state index contributed by atoms with van der Waals surface area (Å²) in [6, 6.07) is 6.05. The lowest BCUT2D eigenvalue weighted by Crippen LogP contribution is -2.17. The van der Waals surface area contributed by atoms with Crippen molar-refractivity contribution in [1.29, 1.82) is 0 Å². The van der Waals surface area contributed by atoms with Crippen LogP contribution in [0.3, 0.4) is 0 Å². The number of carbonyl (C=O) groups is 1. The number of benzene rings is 1. The number of carbonyl (C=O) groups excluding carboxylic acids is 1. The molecule has 94 valence electrons. The molecule has 1 rings (SSSR count). The second-order valence-corrected chi connectivity index (χ2v) is 4.23. The van der Waals surface area contributed by atoms with Crippen LogP contribution in [0.4, 0.5) is 5.69 Å². The first-order valence-corrected chi connectivity index (χ1v) is 6.10. The molecule has 3 nitrogen and oxygen atoms in total. The average molecular weight is 235 g/mol. The lowest BCUT2D eigenvalue weighted by molar-refractivity contribution is -0.141. The van der Waals surface area contributed by atoms with E-state index >= 15 is 0 Å². The maximum absolute atomic E-state index is 11.4. The lowest BCUT2D eigenvalue weighted by atomic mass is 10.1. The van der Waals surface area contributed by atoms with Gasteiger partial charge in [-0.2, -0.15) is 0 Å². The van der Waals surface area contributed by atoms with Crippen LogP contribution in [-0.2, 0) is 9.53 Å². The number of rotatable bonds is 6. The van der Waals surface area contributed by atoms with E-state index in [9.17, 15) is 4.79 Å². The van der Waals surface area contributed by atoms with Crippen molar-refractivity contribution < 1.29 is 9.53 Å². The molecule has 0 aliphatic rings. The van der Waals surface area contributed by atoms with Gasteiger partial charge in [0, 0.05) is 5.69 Å². The number of hydrogen-bond donors (Lipinski definition) is 1. The number of nitrogens with one attached hydrogen (secondary N) is 1. The van der Waals surface area contributed by atoms with Crippen LogP contribution in [0, 0.1) is 13.8 Å². The monoisotopic (exact) mass is 235 g/mol. The van der Waals surface area contributed by atoms with E-state index in [2.05, 4.69) is 26.1 Å². The highest BCUT2D eigenvalue weighted by Crippen LogP contribution is 2.13. The molecule has 0 aliphatic carbocycles. The van der Waals surface area contributed by atoms with Gasteiger partial charge in [-0.05, 0) is 43.5 Å². The van der Waals surface area contributed by atoms with E-state index in [4.69, 9.17) is 4.74 Å². The third-order valence-corrected chi connectivity index (χ3v) is 2.70. The van der Waals surface area contributed by atoms with Crippen LogP contribution in [0.5, 0.6) is 0 Å². The molecule has 0 atom stereocenters. The number of hydrogen-bond acceptors (Lipinski definition) is 3. The zero-order valence-electron chi connectivity index (χ0n) is 10.9. The molecule has 0 amide bonds. The molecular formula is C14H21NO2. The van der Waals surface area contributed by atoms with Crippen molar-refractivity contribution in [3.05, 3.63) is 29.3 Å². The molecule has 1 N–H and O–H groups in total. The van der Waals surface area contributed by atoms with Crippen LogP contribution in [0.15, 0.2) is 18.2 Å². The summed E-state index contributed by atoms with van der Waals surface area (Å²) in [5, 5.41) is 3.06. The second-order valence-electron chi connectivity index (χ2n) is 4.23. The molecule has 0 aliphatic heterocycles. The summed E-state index contributed by atoms with van der Waals surface area (Å²) in [6.07, 6.45) is 1.97. The quantitative estimate of drug-likeness (QED) is 0.608. The number of unbranched alkanes of at least 4 members (excludes halogenated alkanes) is 1. The molecule has 0 spiro atoms. The molecule has 0 fully saturated rings. The largest absolute Gasteiger partial charge is 0.464 e. The lowest BCUT2D eigenvalue weighted by Gasteiger charge is -2.08. The zero-order valence-corrected chi connectivity index (χ0v) is 10.9. The van der Waals surface area contributed by atoms with Crippen molar-refractivity contribution in [1.82, 2.24) is 0 Å². The molecule has 0 aromatic heterocycles. The van der Waals surface area contributed by atoms with Crippen LogP contribution >= 0.6 is 0 Å². The van der Waals surface area contributed by atoms with Crippen LogP contribution < -0.4 is 5.32 Å². The summed E-state index contributed by atoms with van der Waals surface area (Å²) in [6.45, 7) is 6.94. The number of aryl methyl sites for hydroxylation is 2. The molecule has 0 saturated heterocycles. The fourth-order valence-corrected chi connectivity index (χ4v) is 1.41. The smallest absolute Gasteiger partial charge is 0.325 e. The predicted octanol–water partition coefficient (Wildman–Crippen LogP) is 3.06. The van der Waals surface area contributed by atoms with Crippen LogP contribution in [0.1, 0.15) is 30.9 Å². The summed E-state index contributed by atoms with van der Waals surface area (Å²) in [7, 11) is 0. The fraction of sp³-hybridized carbons (Fsp3) is 0.500. The first kappa shape index (κ1) is 13.6. The first-order chi connectivity index (χ1) is 8.13. The first-order valence-electron chi connectivity index (χ1n) is 6.10. The van der Waals surface area contributed by atoms with Crippen molar-refractivity contribution in [3.8, 4) is 0 Å². The topological polar surface area (TPSA) is 38.3 Å². The van der Waals surface area contributed by atoms with E-state index in [1.807, 2.05) is 18.2 Å². The molecule has 0 bridgehead atoms. The van der Waals surface area contributed by atoms with E-state index in [1.165, 1.54) is 11.1 Å². The Kier molecular flexibility index (Phi) is 5.53. The Bertz CT molecular complexity index is 374. The van der Waals surface area contributed by atoms with Gasteiger partial charge in [-0.15, -0.1) is 0 Å². The third kappa shape index (κ3) is 4.89. The molecule has 0 radical (unpaired) electrons. The van der Waals surface area contributed by atoms with E-state index in [0.717, 1.165) is 18.5 Å². The minimum Gasteiger partial charge on any atom is -0.464 e. The van der Waals surface area contributed by atoms with Crippen LogP contribution in [0.2, 0.25) is 0 Å². The normalized spacial score (nSPS) is 10.1. The molecule has 0 saturated carbocycles. The number of ether oxygens (including phenoxy) is 1. The van der Waals surface area contributed by atoms with E-state index < -0.39 is 0 Å². The maximum Gasteiger partial charge on any atom is 0.325 e. The van der Waals surface area contributed by atoms with Gasteiger partial charge in [0.25, 0.3) is 0 Å². The average Bonchev–Trinajstić information content (AvgIpc) is 2.31. The zero-order chi connectivity index (χ0) is 12.7. The van der Waals surface area contributed by atoms with Crippen molar-refractivity contribution >= 4 is 11.7 Å². The molecule has 0 heterocycles. The fourth-order valence-electron chi connectivity index (χ4n) is 1.41. The minimum absolute atomic E-state index is 0.198. The Labute approximate surface area is 103 Å². The van der Waals surface area contributed by atoms with Gasteiger partial charge in [-0.1, -0.05) is 19.4 Å². The molecular weight excluding hydrogens is 214 g/mol. The Morgan fingerprint density at radius 1 is 1.29 bits per heavy atom. The Morgan fingerprint density at radius 3 is 2.71 bits per heavy atom. The second kappa shape index (κ2) is 6.94. The van der Waals surface area contributed by atoms with Gasteiger partial charge >= 0.3 is 5.97 Å². The molecule has 0 unspecified atom stereocenters. The highest BCUT2D eigenvalue weighted by atomic mass is 16.5. The van der Waals surface area contributed by atoms with Gasteiger partial charge in [-0.3, -0.25) is 4.79 Å². The summed E-state index contributed by atoms with van der Waals surface area (Å²) < 4.78 is 5.06. The van der Waals surface area contributed by atoms with Gasteiger partial charge in [-0.25, -0.2) is 0 Å². The highest BCUT2D eigenvalue weighted by Gasteiger charge is 2.02. The van der Waals surface area contributed by atoms with Gasteiger partial charge in [0.15, 0.2) is 0 Å². The van der Waals surface area contributed by atoms with E-state index in [1.54, 1.807) is 0 Å². The van der Waals surface area contributed by atoms with E-state index in [-0.39, 0.29) is 12.5 Å². The summed E-state index contributed by atoms with van der Waals surface area (Å²) in [5.41, 5.74) is 3.43. The van der Waals surface area contributed by atoms with Crippen LogP contribution in [0.25, 0.3) is 0 Å². The summed E-state index contributed by atoms with van der Waals surface area (Å²) in [5.74, 6) is -0.198. The molecule has 3 heteroatoms. The van der Waals surface area contributed by atoms with Gasteiger partial charge < -0.3 is 10.1 Å². The van der Waals surface area contributed by atoms with Crippen molar-refractivity contribution in [2.45, 2.75) is 33.6 Å². The summed E-state index contributed by atoms with van der Waals surface area (Å²) >= 11 is 0. The third-order valence-electron chi connectivity index (χ3n) is 2.70. The van der Waals surface area contributed by atoms with Crippen molar-refractivity contribution in [2.24, 2.45) is 0 Å². The van der Waals surface area contributed by atoms with Gasteiger partial charge in [0.2, 0.25) is 0 Å². The Morgan fingerprint density at radius 2 is 2.06 bits per heavy atom. The van der Waals surface area contributed by atoms with Gasteiger partial charge in [0.1, 0.15) is 6.54 Å². The standard InChI is InChI=1S/C14H21NO2/c1-4-5-8-17-14(16)10-15-13-7-6-11(2)12(3)9-13/h6-7,9,15H,4-5,8,10H2,1-3H3. The SMILES string of the molecule is CCCCOC(=O)CNc1ccc(C)c(C)c1. The Balaban J connectivity index is 2.34. The van der Waals surface area contributed by atoms with Crippen LogP contribution in [-0.4, -0.2) is 19.1 Å². The maximum atomic E-state index is 11.4.